The second kappa shape index (κ2) is 5.79. The predicted molar refractivity (Wildman–Crippen MR) is 79.7 cm³/mol. The molecule has 0 unspecified atom stereocenters. The molecule has 0 aliphatic heterocycles. The Morgan fingerprint density at radius 3 is 2.44 bits per heavy atom. The van der Waals surface area contributed by atoms with Crippen LogP contribution in [-0.4, -0.2) is 23.3 Å². The number of rotatable bonds is 6. The van der Waals surface area contributed by atoms with Crippen LogP contribution in [0.4, 0.5) is 5.69 Å². The number of benzene rings is 1. The number of anilines is 1. The van der Waals surface area contributed by atoms with Crippen LogP contribution >= 0.6 is 11.8 Å². The van der Waals surface area contributed by atoms with E-state index in [1.807, 2.05) is 43.0 Å². The van der Waals surface area contributed by atoms with Crippen LogP contribution in [0.15, 0.2) is 24.3 Å². The molecule has 2 nitrogen and oxygen atoms in total. The van der Waals surface area contributed by atoms with Crippen molar-refractivity contribution in [2.45, 2.75) is 37.4 Å². The van der Waals surface area contributed by atoms with Gasteiger partial charge < -0.3 is 5.32 Å². The van der Waals surface area contributed by atoms with Crippen molar-refractivity contribution in [3.05, 3.63) is 29.8 Å². The molecule has 0 amide bonds. The van der Waals surface area contributed by atoms with Crippen molar-refractivity contribution < 1.29 is 4.79 Å². The summed E-state index contributed by atoms with van der Waals surface area (Å²) in [7, 11) is 0. The topological polar surface area (TPSA) is 29.1 Å². The summed E-state index contributed by atoms with van der Waals surface area (Å²) in [6, 6.07) is 7.85. The van der Waals surface area contributed by atoms with Crippen LogP contribution in [0.25, 0.3) is 0 Å². The normalized spacial score (nSPS) is 17.0. The molecule has 0 bridgehead atoms. The first-order valence-corrected chi connectivity index (χ1v) is 7.84. The van der Waals surface area contributed by atoms with Crippen LogP contribution in [-0.2, 0) is 0 Å². The summed E-state index contributed by atoms with van der Waals surface area (Å²) in [5.74, 6) is 0.209. The highest BCUT2D eigenvalue weighted by Gasteiger charge is 2.35. The van der Waals surface area contributed by atoms with Gasteiger partial charge in [-0.05, 0) is 43.4 Å². The Hall–Kier alpha value is -0.960. The summed E-state index contributed by atoms with van der Waals surface area (Å²) in [6.45, 7) is 2.92. The lowest BCUT2D eigenvalue weighted by atomic mass is 9.84. The molecule has 1 N–H and O–H groups in total. The van der Waals surface area contributed by atoms with Crippen molar-refractivity contribution in [2.75, 3.05) is 18.1 Å². The summed E-state index contributed by atoms with van der Waals surface area (Å²) in [4.78, 5) is 11.5. The molecule has 0 radical (unpaired) electrons. The van der Waals surface area contributed by atoms with Crippen LogP contribution in [0.3, 0.4) is 0 Å². The second-order valence-corrected chi connectivity index (χ2v) is 6.22. The van der Waals surface area contributed by atoms with Gasteiger partial charge in [-0.2, -0.15) is 11.8 Å². The molecule has 0 spiro atoms. The summed E-state index contributed by atoms with van der Waals surface area (Å²) < 4.78 is 0.442. The van der Waals surface area contributed by atoms with Crippen LogP contribution in [0.2, 0.25) is 0 Å². The maximum absolute atomic E-state index is 11.5. The maximum atomic E-state index is 11.5. The van der Waals surface area contributed by atoms with E-state index in [1.165, 1.54) is 19.3 Å². The van der Waals surface area contributed by atoms with Crippen LogP contribution < -0.4 is 5.32 Å². The number of thioether (sulfide) groups is 1. The Balaban J connectivity index is 1.92. The maximum Gasteiger partial charge on any atom is 0.162 e. The zero-order valence-electron chi connectivity index (χ0n) is 11.2. The third kappa shape index (κ3) is 2.89. The van der Waals surface area contributed by atoms with Gasteiger partial charge in [0.15, 0.2) is 5.78 Å². The highest BCUT2D eigenvalue weighted by atomic mass is 32.2. The molecule has 0 aromatic heterocycles. The Bertz CT molecular complexity index is 403. The van der Waals surface area contributed by atoms with Gasteiger partial charge in [-0.25, -0.2) is 0 Å². The minimum atomic E-state index is 0.209. The molecular weight excluding hydrogens is 242 g/mol. The first-order chi connectivity index (χ1) is 8.69. The van der Waals surface area contributed by atoms with Crippen LogP contribution in [0, 0.1) is 0 Å². The fourth-order valence-electron chi connectivity index (χ4n) is 2.27. The van der Waals surface area contributed by atoms with Crippen molar-refractivity contribution >= 4 is 23.2 Å². The molecule has 1 aromatic carbocycles. The first-order valence-electron chi connectivity index (χ1n) is 6.61. The second-order valence-electron chi connectivity index (χ2n) is 4.95. The number of hydrogen-bond acceptors (Lipinski definition) is 3. The Morgan fingerprint density at radius 2 is 2.00 bits per heavy atom. The minimum absolute atomic E-state index is 0.209. The lowest BCUT2D eigenvalue weighted by molar-refractivity contribution is 0.0988. The zero-order valence-corrected chi connectivity index (χ0v) is 12.0. The molecule has 1 aliphatic rings. The van der Waals surface area contributed by atoms with E-state index in [1.54, 1.807) is 0 Å². The third-order valence-electron chi connectivity index (χ3n) is 3.84. The van der Waals surface area contributed by atoms with Gasteiger partial charge in [-0.1, -0.05) is 13.3 Å². The third-order valence-corrected chi connectivity index (χ3v) is 5.26. The molecule has 18 heavy (non-hydrogen) atoms. The Labute approximate surface area is 114 Å². The molecule has 98 valence electrons. The fraction of sp³-hybridized carbons (Fsp3) is 0.533. The van der Waals surface area contributed by atoms with E-state index in [9.17, 15) is 4.79 Å². The van der Waals surface area contributed by atoms with Gasteiger partial charge in [0, 0.05) is 29.0 Å². The molecule has 3 heteroatoms. The smallest absolute Gasteiger partial charge is 0.162 e. The van der Waals surface area contributed by atoms with Crippen molar-refractivity contribution in [3.8, 4) is 0 Å². The lowest BCUT2D eigenvalue weighted by Crippen LogP contribution is -2.40. The minimum Gasteiger partial charge on any atom is -0.384 e. The van der Waals surface area contributed by atoms with Gasteiger partial charge in [-0.3, -0.25) is 4.79 Å². The lowest BCUT2D eigenvalue weighted by Gasteiger charge is -2.40. The van der Waals surface area contributed by atoms with Gasteiger partial charge in [0.25, 0.3) is 0 Å². The summed E-state index contributed by atoms with van der Waals surface area (Å²) >= 11 is 1.97. The molecule has 1 fully saturated rings. The van der Waals surface area contributed by atoms with E-state index in [2.05, 4.69) is 11.6 Å². The number of carbonyl (C=O) groups is 1. The number of nitrogens with one attached hydrogen (secondary N) is 1. The van der Waals surface area contributed by atoms with Crippen LogP contribution in [0.5, 0.6) is 0 Å². The van der Waals surface area contributed by atoms with Gasteiger partial charge >= 0.3 is 0 Å². The fourth-order valence-corrected chi connectivity index (χ4v) is 3.18. The molecule has 2 rings (SSSR count). The van der Waals surface area contributed by atoms with Crippen molar-refractivity contribution in [2.24, 2.45) is 0 Å². The van der Waals surface area contributed by atoms with Crippen molar-refractivity contribution in [1.29, 1.82) is 0 Å². The number of ketones is 1. The SMILES string of the molecule is CCC(=O)c1ccc(NCC2(SC)CCC2)cc1. The van der Waals surface area contributed by atoms with Crippen molar-refractivity contribution in [3.63, 3.8) is 0 Å². The molecule has 1 saturated carbocycles. The highest BCUT2D eigenvalue weighted by molar-refractivity contribution is 8.00. The van der Waals surface area contributed by atoms with Gasteiger partial charge in [0.1, 0.15) is 0 Å². The molecule has 1 aromatic rings. The van der Waals surface area contributed by atoms with Crippen LogP contribution in [0.1, 0.15) is 43.0 Å². The van der Waals surface area contributed by atoms with E-state index in [0.717, 1.165) is 17.8 Å². The molecule has 0 atom stereocenters. The van der Waals surface area contributed by atoms with Gasteiger partial charge in [0.2, 0.25) is 0 Å². The number of carbonyl (C=O) groups excluding carboxylic acids is 1. The van der Waals surface area contributed by atoms with Gasteiger partial charge in [0.05, 0.1) is 0 Å². The average Bonchev–Trinajstić information content (AvgIpc) is 2.38. The Kier molecular flexibility index (Phi) is 4.33. The predicted octanol–water partition coefficient (Wildman–Crippen LogP) is 3.98. The number of hydrogen-bond donors (Lipinski definition) is 1. The highest BCUT2D eigenvalue weighted by Crippen LogP contribution is 2.42. The summed E-state index contributed by atoms with van der Waals surface area (Å²) in [5.41, 5.74) is 1.93. The summed E-state index contributed by atoms with van der Waals surface area (Å²) in [6.07, 6.45) is 6.75. The molecule has 0 saturated heterocycles. The average molecular weight is 263 g/mol. The number of Topliss-reactive ketones (excluding diaryl/α,β-unsaturated/α-hetero) is 1. The largest absolute Gasteiger partial charge is 0.384 e. The van der Waals surface area contributed by atoms with E-state index < -0.39 is 0 Å². The van der Waals surface area contributed by atoms with Gasteiger partial charge in [-0.15, -0.1) is 0 Å². The monoisotopic (exact) mass is 263 g/mol. The van der Waals surface area contributed by atoms with Crippen molar-refractivity contribution in [1.82, 2.24) is 0 Å². The summed E-state index contributed by atoms with van der Waals surface area (Å²) in [5, 5.41) is 3.49. The van der Waals surface area contributed by atoms with E-state index >= 15 is 0 Å². The molecule has 0 heterocycles. The van der Waals surface area contributed by atoms with E-state index in [0.29, 0.717) is 11.2 Å². The van der Waals surface area contributed by atoms with E-state index in [4.69, 9.17) is 0 Å². The molecule has 1 aliphatic carbocycles. The van der Waals surface area contributed by atoms with E-state index in [-0.39, 0.29) is 5.78 Å². The quantitative estimate of drug-likeness (QED) is 0.787. The molecular formula is C15H21NOS. The standard InChI is InChI=1S/C15H21NOS/c1-3-14(17)12-5-7-13(8-6-12)16-11-15(18-2)9-4-10-15/h5-8,16H,3-4,9-11H2,1-2H3. The first kappa shape index (κ1) is 13.5. The zero-order chi connectivity index (χ0) is 13.0. The Morgan fingerprint density at radius 1 is 1.33 bits per heavy atom.